The van der Waals surface area contributed by atoms with Gasteiger partial charge in [-0.1, -0.05) is 19.8 Å². The van der Waals surface area contributed by atoms with Gasteiger partial charge in [0.15, 0.2) is 0 Å². The van der Waals surface area contributed by atoms with Crippen LogP contribution in [0.5, 0.6) is 5.75 Å². The van der Waals surface area contributed by atoms with Crippen LogP contribution in [0.4, 0.5) is 5.69 Å². The maximum absolute atomic E-state index is 12.7. The molecule has 4 nitrogen and oxygen atoms in total. The number of nitrogen functional groups attached to an aromatic ring is 1. The van der Waals surface area contributed by atoms with Gasteiger partial charge in [-0.15, -0.1) is 0 Å². The zero-order valence-corrected chi connectivity index (χ0v) is 12.6. The summed E-state index contributed by atoms with van der Waals surface area (Å²) in [5.41, 5.74) is 6.93. The van der Waals surface area contributed by atoms with Crippen LogP contribution in [0.3, 0.4) is 0 Å². The third-order valence-electron chi connectivity index (χ3n) is 4.34. The summed E-state index contributed by atoms with van der Waals surface area (Å²) in [7, 11) is 3.46. The average molecular weight is 276 g/mol. The van der Waals surface area contributed by atoms with Gasteiger partial charge in [0.1, 0.15) is 5.75 Å². The Hall–Kier alpha value is -1.71. The van der Waals surface area contributed by atoms with E-state index in [4.69, 9.17) is 10.5 Å². The van der Waals surface area contributed by atoms with E-state index in [-0.39, 0.29) is 5.91 Å². The van der Waals surface area contributed by atoms with Gasteiger partial charge in [-0.25, -0.2) is 0 Å². The van der Waals surface area contributed by atoms with Crippen LogP contribution in [0.15, 0.2) is 18.2 Å². The minimum absolute atomic E-state index is 0.00657. The lowest BCUT2D eigenvalue weighted by Crippen LogP contribution is -2.42. The summed E-state index contributed by atoms with van der Waals surface area (Å²) in [6.45, 7) is 2.23. The number of amides is 1. The van der Waals surface area contributed by atoms with Gasteiger partial charge < -0.3 is 15.4 Å². The van der Waals surface area contributed by atoms with Crippen LogP contribution in [0.2, 0.25) is 0 Å². The summed E-state index contributed by atoms with van der Waals surface area (Å²) in [6.07, 6.45) is 4.73. The lowest BCUT2D eigenvalue weighted by Gasteiger charge is -2.36. The topological polar surface area (TPSA) is 55.6 Å². The molecule has 2 atom stereocenters. The second-order valence-electron chi connectivity index (χ2n) is 5.70. The van der Waals surface area contributed by atoms with Crippen LogP contribution in [0.1, 0.15) is 43.0 Å². The molecule has 1 amide bonds. The maximum atomic E-state index is 12.7. The molecule has 1 saturated carbocycles. The van der Waals surface area contributed by atoms with E-state index in [1.54, 1.807) is 25.3 Å². The first-order chi connectivity index (χ1) is 9.54. The molecule has 2 unspecified atom stereocenters. The molecule has 20 heavy (non-hydrogen) atoms. The monoisotopic (exact) mass is 276 g/mol. The summed E-state index contributed by atoms with van der Waals surface area (Å²) in [6, 6.07) is 5.51. The van der Waals surface area contributed by atoms with Crippen molar-refractivity contribution in [3.63, 3.8) is 0 Å². The summed E-state index contributed by atoms with van der Waals surface area (Å²) in [5, 5.41) is 0. The molecule has 4 heteroatoms. The molecule has 2 rings (SSSR count). The lowest BCUT2D eigenvalue weighted by molar-refractivity contribution is 0.0626. The maximum Gasteiger partial charge on any atom is 0.257 e. The Morgan fingerprint density at radius 3 is 2.70 bits per heavy atom. The van der Waals surface area contributed by atoms with Crippen LogP contribution in [-0.2, 0) is 0 Å². The minimum atomic E-state index is -0.00657. The number of nitrogens with zero attached hydrogens (tertiary/aromatic N) is 1. The fourth-order valence-electron chi connectivity index (χ4n) is 3.11. The Morgan fingerprint density at radius 2 is 2.05 bits per heavy atom. The second-order valence-corrected chi connectivity index (χ2v) is 5.70. The molecule has 0 spiro atoms. The zero-order valence-electron chi connectivity index (χ0n) is 12.6. The molecule has 0 aliphatic heterocycles. The van der Waals surface area contributed by atoms with Crippen LogP contribution >= 0.6 is 0 Å². The quantitative estimate of drug-likeness (QED) is 0.864. The van der Waals surface area contributed by atoms with Gasteiger partial charge in [0.05, 0.1) is 12.7 Å². The highest BCUT2D eigenvalue weighted by Crippen LogP contribution is 2.30. The van der Waals surface area contributed by atoms with E-state index in [9.17, 15) is 4.79 Å². The van der Waals surface area contributed by atoms with Crippen LogP contribution in [-0.4, -0.2) is 31.0 Å². The number of carbonyl (C=O) groups is 1. The first kappa shape index (κ1) is 14.7. The standard InChI is InChI=1S/C16H24N2O2/c1-11-6-4-5-7-14(11)18(2)16(19)13-10-12(17)8-9-15(13)20-3/h8-11,14H,4-7,17H2,1-3H3. The molecule has 0 saturated heterocycles. The number of ether oxygens (including phenoxy) is 1. The van der Waals surface area contributed by atoms with Gasteiger partial charge in [-0.2, -0.15) is 0 Å². The normalized spacial score (nSPS) is 22.4. The van der Waals surface area contributed by atoms with Crippen molar-refractivity contribution >= 4 is 11.6 Å². The molecule has 1 aliphatic carbocycles. The van der Waals surface area contributed by atoms with Gasteiger partial charge in [-0.3, -0.25) is 4.79 Å². The van der Waals surface area contributed by atoms with Crippen LogP contribution in [0.25, 0.3) is 0 Å². The number of hydrogen-bond acceptors (Lipinski definition) is 3. The third kappa shape index (κ3) is 2.89. The third-order valence-corrected chi connectivity index (χ3v) is 4.34. The van der Waals surface area contributed by atoms with Crippen molar-refractivity contribution in [2.24, 2.45) is 5.92 Å². The van der Waals surface area contributed by atoms with Crippen molar-refractivity contribution in [2.75, 3.05) is 19.9 Å². The van der Waals surface area contributed by atoms with E-state index in [2.05, 4.69) is 6.92 Å². The molecule has 1 aromatic rings. The molecule has 0 radical (unpaired) electrons. The highest BCUT2D eigenvalue weighted by Gasteiger charge is 2.29. The van der Waals surface area contributed by atoms with Crippen LogP contribution < -0.4 is 10.5 Å². The molecule has 0 bridgehead atoms. The van der Waals surface area contributed by atoms with Crippen molar-refractivity contribution in [3.8, 4) is 5.75 Å². The first-order valence-corrected chi connectivity index (χ1v) is 7.25. The molecule has 2 N–H and O–H groups in total. The van der Waals surface area contributed by atoms with E-state index < -0.39 is 0 Å². The van der Waals surface area contributed by atoms with E-state index in [1.807, 2.05) is 11.9 Å². The van der Waals surface area contributed by atoms with Gasteiger partial charge in [0.2, 0.25) is 0 Å². The molecule has 0 aromatic heterocycles. The fourth-order valence-corrected chi connectivity index (χ4v) is 3.11. The number of nitrogens with two attached hydrogens (primary N) is 1. The smallest absolute Gasteiger partial charge is 0.257 e. The van der Waals surface area contributed by atoms with E-state index >= 15 is 0 Å². The Kier molecular flexibility index (Phi) is 4.53. The Morgan fingerprint density at radius 1 is 1.35 bits per heavy atom. The van der Waals surface area contributed by atoms with Gasteiger partial charge >= 0.3 is 0 Å². The Balaban J connectivity index is 2.23. The van der Waals surface area contributed by atoms with Gasteiger partial charge in [0, 0.05) is 18.8 Å². The van der Waals surface area contributed by atoms with Crippen molar-refractivity contribution in [3.05, 3.63) is 23.8 Å². The summed E-state index contributed by atoms with van der Waals surface area (Å²) >= 11 is 0. The minimum Gasteiger partial charge on any atom is -0.496 e. The number of hydrogen-bond donors (Lipinski definition) is 1. The molecule has 0 heterocycles. The Labute approximate surface area is 120 Å². The van der Waals surface area contributed by atoms with Crippen LogP contribution in [0, 0.1) is 5.92 Å². The molecular formula is C16H24N2O2. The summed E-state index contributed by atoms with van der Waals surface area (Å²) in [5.74, 6) is 1.12. The second kappa shape index (κ2) is 6.16. The molecule has 1 fully saturated rings. The molecular weight excluding hydrogens is 252 g/mol. The molecule has 1 aliphatic rings. The van der Waals surface area contributed by atoms with Crippen molar-refractivity contribution < 1.29 is 9.53 Å². The SMILES string of the molecule is COc1ccc(N)cc1C(=O)N(C)C1CCCCC1C. The van der Waals surface area contributed by atoms with Crippen molar-refractivity contribution in [1.82, 2.24) is 4.90 Å². The van der Waals surface area contributed by atoms with Crippen molar-refractivity contribution in [1.29, 1.82) is 0 Å². The lowest BCUT2D eigenvalue weighted by atomic mass is 9.85. The highest BCUT2D eigenvalue weighted by atomic mass is 16.5. The predicted octanol–water partition coefficient (Wildman–Crippen LogP) is 2.93. The van der Waals surface area contributed by atoms with E-state index in [1.165, 1.54) is 19.3 Å². The van der Waals surface area contributed by atoms with E-state index in [0.717, 1.165) is 6.42 Å². The van der Waals surface area contributed by atoms with Gasteiger partial charge in [-0.05, 0) is 37.0 Å². The number of anilines is 1. The highest BCUT2D eigenvalue weighted by molar-refractivity contribution is 5.97. The number of methoxy groups -OCH3 is 1. The van der Waals surface area contributed by atoms with E-state index in [0.29, 0.717) is 29.0 Å². The number of benzene rings is 1. The number of carbonyl (C=O) groups excluding carboxylic acids is 1. The molecule has 110 valence electrons. The molecule has 1 aromatic carbocycles. The summed E-state index contributed by atoms with van der Waals surface area (Å²) in [4.78, 5) is 14.6. The Bertz CT molecular complexity index is 487. The van der Waals surface area contributed by atoms with Crippen molar-refractivity contribution in [2.45, 2.75) is 38.6 Å². The van der Waals surface area contributed by atoms with Gasteiger partial charge in [0.25, 0.3) is 5.91 Å². The zero-order chi connectivity index (χ0) is 14.7. The fraction of sp³-hybridized carbons (Fsp3) is 0.562. The predicted molar refractivity (Wildman–Crippen MR) is 80.9 cm³/mol. The number of rotatable bonds is 3. The largest absolute Gasteiger partial charge is 0.496 e. The first-order valence-electron chi connectivity index (χ1n) is 7.25. The average Bonchev–Trinajstić information content (AvgIpc) is 2.46. The summed E-state index contributed by atoms with van der Waals surface area (Å²) < 4.78 is 5.28.